The Balaban J connectivity index is 4.16. The highest BCUT2D eigenvalue weighted by atomic mass is 16.5. The highest BCUT2D eigenvalue weighted by Crippen LogP contribution is 2.01. The van der Waals surface area contributed by atoms with Crippen LogP contribution in [0.4, 0.5) is 0 Å². The predicted octanol–water partition coefficient (Wildman–Crippen LogP) is 0.397. The first kappa shape index (κ1) is 14.8. The van der Waals surface area contributed by atoms with Gasteiger partial charge in [0.05, 0.1) is 19.8 Å². The number of rotatable bonds is 8. The van der Waals surface area contributed by atoms with Gasteiger partial charge in [0.1, 0.15) is 0 Å². The van der Waals surface area contributed by atoms with Crippen molar-refractivity contribution in [3.05, 3.63) is 25.3 Å². The van der Waals surface area contributed by atoms with E-state index in [-0.39, 0.29) is 19.8 Å². The van der Waals surface area contributed by atoms with Gasteiger partial charge in [0.2, 0.25) is 6.08 Å². The number of aliphatic imine (C=N–C) groups is 1. The molecule has 0 spiro atoms. The van der Waals surface area contributed by atoms with Crippen LogP contribution in [0.2, 0.25) is 0 Å². The van der Waals surface area contributed by atoms with Crippen LogP contribution in [0.15, 0.2) is 30.3 Å². The summed E-state index contributed by atoms with van der Waals surface area (Å²) in [6.45, 7) is 6.46. The number of isocyanates is 1. The lowest BCUT2D eigenvalue weighted by atomic mass is 10.2. The number of hydrogen-bond donors (Lipinski definition) is 0. The van der Waals surface area contributed by atoms with E-state index < -0.39 is 17.9 Å². The molecule has 6 nitrogen and oxygen atoms in total. The number of nitrogens with zero attached hydrogens (tertiary/aromatic N) is 1. The molecule has 0 saturated carbocycles. The van der Waals surface area contributed by atoms with Crippen molar-refractivity contribution in [2.24, 2.45) is 10.9 Å². The average Bonchev–Trinajstić information content (AvgIpc) is 2.36. The quantitative estimate of drug-likeness (QED) is 0.265. The Morgan fingerprint density at radius 3 is 2.00 bits per heavy atom. The Bertz CT molecular complexity index is 320. The number of esters is 2. The summed E-state index contributed by atoms with van der Waals surface area (Å²) in [4.78, 5) is 34.9. The predicted molar refractivity (Wildman–Crippen MR) is 58.8 cm³/mol. The molecular weight excluding hydrogens is 226 g/mol. The lowest BCUT2D eigenvalue weighted by Crippen LogP contribution is -2.22. The van der Waals surface area contributed by atoms with E-state index in [4.69, 9.17) is 9.47 Å². The smallest absolute Gasteiger partial charge is 0.330 e. The Morgan fingerprint density at radius 2 is 1.65 bits per heavy atom. The van der Waals surface area contributed by atoms with Crippen LogP contribution in [0.25, 0.3) is 0 Å². The number of carbonyl (C=O) groups excluding carboxylic acids is 3. The number of carbonyl (C=O) groups is 2. The topological polar surface area (TPSA) is 82.0 Å². The first-order valence-corrected chi connectivity index (χ1v) is 4.76. The minimum absolute atomic E-state index is 0.0273. The first-order chi connectivity index (χ1) is 8.13. The molecule has 0 atom stereocenters. The summed E-state index contributed by atoms with van der Waals surface area (Å²) in [6.07, 6.45) is 3.37. The van der Waals surface area contributed by atoms with Gasteiger partial charge in [-0.25, -0.2) is 19.4 Å². The maximum absolute atomic E-state index is 10.8. The van der Waals surface area contributed by atoms with E-state index in [0.717, 1.165) is 12.2 Å². The van der Waals surface area contributed by atoms with Crippen LogP contribution in [-0.4, -0.2) is 37.8 Å². The van der Waals surface area contributed by atoms with E-state index >= 15 is 0 Å². The normalized spacial score (nSPS) is 9.00. The highest BCUT2D eigenvalue weighted by Gasteiger charge is 2.12. The van der Waals surface area contributed by atoms with Gasteiger partial charge < -0.3 is 9.47 Å². The summed E-state index contributed by atoms with van der Waals surface area (Å²) in [7, 11) is 0. The first-order valence-electron chi connectivity index (χ1n) is 4.76. The molecule has 6 heteroatoms. The summed E-state index contributed by atoms with van der Waals surface area (Å²) >= 11 is 0. The monoisotopic (exact) mass is 239 g/mol. The van der Waals surface area contributed by atoms with Crippen LogP contribution in [0.1, 0.15) is 0 Å². The van der Waals surface area contributed by atoms with Crippen LogP contribution in [0, 0.1) is 5.92 Å². The van der Waals surface area contributed by atoms with Gasteiger partial charge in [-0.15, -0.1) is 0 Å². The fraction of sp³-hybridized carbons (Fsp3) is 0.364. The molecule has 0 amide bonds. The van der Waals surface area contributed by atoms with Crippen LogP contribution in [0.5, 0.6) is 0 Å². The van der Waals surface area contributed by atoms with Gasteiger partial charge in [0, 0.05) is 18.1 Å². The van der Waals surface area contributed by atoms with Crippen molar-refractivity contribution in [3.8, 4) is 0 Å². The Morgan fingerprint density at radius 1 is 1.18 bits per heavy atom. The van der Waals surface area contributed by atoms with Crippen LogP contribution in [0.3, 0.4) is 0 Å². The molecule has 0 bridgehead atoms. The minimum Gasteiger partial charge on any atom is -0.462 e. The zero-order valence-electron chi connectivity index (χ0n) is 9.26. The maximum Gasteiger partial charge on any atom is 0.330 e. The molecule has 0 aliphatic heterocycles. The average molecular weight is 239 g/mol. The van der Waals surface area contributed by atoms with Crippen LogP contribution >= 0.6 is 0 Å². The SMILES string of the molecule is C=CC(=O)OCC(CN=C=O)COC(=O)C=C. The molecule has 0 saturated heterocycles. The van der Waals surface area contributed by atoms with Gasteiger partial charge in [-0.2, -0.15) is 0 Å². The molecule has 0 rings (SSSR count). The number of ether oxygens (including phenoxy) is 2. The molecule has 92 valence electrons. The highest BCUT2D eigenvalue weighted by molar-refractivity contribution is 5.81. The van der Waals surface area contributed by atoms with Crippen molar-refractivity contribution >= 4 is 18.0 Å². The van der Waals surface area contributed by atoms with Gasteiger partial charge in [0.15, 0.2) is 0 Å². The second-order valence-electron chi connectivity index (χ2n) is 2.97. The lowest BCUT2D eigenvalue weighted by molar-refractivity contribution is -0.142. The van der Waals surface area contributed by atoms with E-state index in [9.17, 15) is 14.4 Å². The summed E-state index contributed by atoms with van der Waals surface area (Å²) in [5, 5.41) is 0. The molecule has 0 aromatic heterocycles. The van der Waals surface area contributed by atoms with Crippen molar-refractivity contribution in [3.63, 3.8) is 0 Å². The van der Waals surface area contributed by atoms with Crippen LogP contribution in [-0.2, 0) is 23.9 Å². The third-order valence-corrected chi connectivity index (χ3v) is 1.67. The lowest BCUT2D eigenvalue weighted by Gasteiger charge is -2.13. The van der Waals surface area contributed by atoms with E-state index in [1.807, 2.05) is 0 Å². The van der Waals surface area contributed by atoms with Gasteiger partial charge in [-0.3, -0.25) is 0 Å². The second-order valence-corrected chi connectivity index (χ2v) is 2.97. The summed E-state index contributed by atoms with van der Waals surface area (Å²) in [5.74, 6) is -1.59. The van der Waals surface area contributed by atoms with Crippen molar-refractivity contribution in [1.29, 1.82) is 0 Å². The van der Waals surface area contributed by atoms with E-state index in [2.05, 4.69) is 18.2 Å². The summed E-state index contributed by atoms with van der Waals surface area (Å²) in [5.41, 5.74) is 0. The van der Waals surface area contributed by atoms with Gasteiger partial charge in [-0.05, 0) is 0 Å². The molecule has 0 aromatic carbocycles. The maximum atomic E-state index is 10.8. The van der Waals surface area contributed by atoms with Crippen LogP contribution < -0.4 is 0 Å². The molecule has 0 N–H and O–H groups in total. The molecule has 0 unspecified atom stereocenters. The Hall–Kier alpha value is -2.20. The van der Waals surface area contributed by atoms with Crippen molar-refractivity contribution in [1.82, 2.24) is 0 Å². The fourth-order valence-corrected chi connectivity index (χ4v) is 0.838. The molecule has 0 fully saturated rings. The Kier molecular flexibility index (Phi) is 7.88. The number of hydrogen-bond acceptors (Lipinski definition) is 6. The standard InChI is InChI=1S/C11H13NO5/c1-3-10(14)16-6-9(5-12-8-13)7-17-11(15)4-2/h3-4,9H,1-2,5-7H2. The van der Waals surface area contributed by atoms with Crippen molar-refractivity contribution in [2.75, 3.05) is 19.8 Å². The molecule has 0 aliphatic rings. The molecule has 0 heterocycles. The van der Waals surface area contributed by atoms with E-state index in [0.29, 0.717) is 0 Å². The molecule has 17 heavy (non-hydrogen) atoms. The molecule has 0 aliphatic carbocycles. The zero-order valence-corrected chi connectivity index (χ0v) is 9.26. The second kappa shape index (κ2) is 9.06. The third-order valence-electron chi connectivity index (χ3n) is 1.67. The van der Waals surface area contributed by atoms with E-state index in [1.165, 1.54) is 6.08 Å². The van der Waals surface area contributed by atoms with Crippen molar-refractivity contribution < 1.29 is 23.9 Å². The van der Waals surface area contributed by atoms with Crippen molar-refractivity contribution in [2.45, 2.75) is 0 Å². The minimum atomic E-state index is -0.597. The van der Waals surface area contributed by atoms with Gasteiger partial charge in [-0.1, -0.05) is 13.2 Å². The summed E-state index contributed by atoms with van der Waals surface area (Å²) < 4.78 is 9.50. The fourth-order valence-electron chi connectivity index (χ4n) is 0.838. The largest absolute Gasteiger partial charge is 0.462 e. The molecular formula is C11H13NO5. The van der Waals surface area contributed by atoms with Gasteiger partial charge in [0.25, 0.3) is 0 Å². The summed E-state index contributed by atoms with van der Waals surface area (Å²) in [6, 6.07) is 0. The third kappa shape index (κ3) is 7.70. The molecule has 0 radical (unpaired) electrons. The van der Waals surface area contributed by atoms with Gasteiger partial charge >= 0.3 is 11.9 Å². The Labute approximate surface area is 98.6 Å². The molecule has 0 aromatic rings. The zero-order chi connectivity index (χ0) is 13.1. The van der Waals surface area contributed by atoms with E-state index in [1.54, 1.807) is 0 Å².